The molecule has 0 aliphatic carbocycles. The summed E-state index contributed by atoms with van der Waals surface area (Å²) in [6.07, 6.45) is 2.66. The van der Waals surface area contributed by atoms with Gasteiger partial charge in [0.2, 0.25) is 0 Å². The van der Waals surface area contributed by atoms with E-state index in [4.69, 9.17) is 4.74 Å². The van der Waals surface area contributed by atoms with Crippen LogP contribution >= 0.6 is 0 Å². The molecule has 0 spiro atoms. The number of anilines is 2. The Bertz CT molecular complexity index is 990. The average molecular weight is 379 g/mol. The van der Waals surface area contributed by atoms with Gasteiger partial charge in [-0.15, -0.1) is 0 Å². The van der Waals surface area contributed by atoms with Gasteiger partial charge in [-0.2, -0.15) is 0 Å². The molecule has 6 nitrogen and oxygen atoms in total. The number of rotatable bonds is 6. The first kappa shape index (κ1) is 19.0. The van der Waals surface area contributed by atoms with E-state index >= 15 is 0 Å². The summed E-state index contributed by atoms with van der Waals surface area (Å²) in [6.45, 7) is 2.44. The Morgan fingerprint density at radius 3 is 2.25 bits per heavy atom. The topological polar surface area (TPSA) is 80.3 Å². The van der Waals surface area contributed by atoms with Gasteiger partial charge in [-0.3, -0.25) is 14.6 Å². The van der Waals surface area contributed by atoms with Crippen molar-refractivity contribution in [2.75, 3.05) is 17.2 Å². The molecule has 2 aromatic carbocycles. The molecule has 1 heterocycles. The second-order valence-electron chi connectivity index (χ2n) is 5.81. The van der Waals surface area contributed by atoms with Gasteiger partial charge in [-0.1, -0.05) is 12.1 Å². The quantitative estimate of drug-likeness (QED) is 0.675. The number of aromatic nitrogens is 1. The Kier molecular flexibility index (Phi) is 5.96. The van der Waals surface area contributed by atoms with Gasteiger partial charge in [0.25, 0.3) is 11.8 Å². The molecule has 2 amide bonds. The highest BCUT2D eigenvalue weighted by Gasteiger charge is 2.13. The van der Waals surface area contributed by atoms with E-state index in [9.17, 15) is 14.0 Å². The van der Waals surface area contributed by atoms with Crippen molar-refractivity contribution in [1.29, 1.82) is 0 Å². The molecule has 0 saturated carbocycles. The second-order valence-corrected chi connectivity index (χ2v) is 5.81. The maximum atomic E-state index is 13.7. The van der Waals surface area contributed by atoms with Gasteiger partial charge in [0.1, 0.15) is 11.6 Å². The lowest BCUT2D eigenvalue weighted by atomic mass is 10.1. The maximum Gasteiger partial charge on any atom is 0.257 e. The summed E-state index contributed by atoms with van der Waals surface area (Å²) in [5.74, 6) is -0.826. The van der Waals surface area contributed by atoms with Crippen molar-refractivity contribution in [3.8, 4) is 5.75 Å². The second kappa shape index (κ2) is 8.77. The molecule has 0 unspecified atom stereocenters. The zero-order chi connectivity index (χ0) is 19.9. The van der Waals surface area contributed by atoms with Crippen molar-refractivity contribution in [1.82, 2.24) is 4.98 Å². The summed E-state index contributed by atoms with van der Waals surface area (Å²) in [4.78, 5) is 28.7. The lowest BCUT2D eigenvalue weighted by Crippen LogP contribution is -2.16. The van der Waals surface area contributed by atoms with E-state index in [2.05, 4.69) is 15.6 Å². The van der Waals surface area contributed by atoms with Gasteiger partial charge in [0, 0.05) is 18.1 Å². The molecule has 0 aliphatic heterocycles. The predicted molar refractivity (Wildman–Crippen MR) is 104 cm³/mol. The molecule has 3 aromatic rings. The number of benzene rings is 2. The van der Waals surface area contributed by atoms with Gasteiger partial charge in [0.05, 0.1) is 23.4 Å². The van der Waals surface area contributed by atoms with Gasteiger partial charge in [-0.05, 0) is 49.4 Å². The summed E-state index contributed by atoms with van der Waals surface area (Å²) >= 11 is 0. The zero-order valence-electron chi connectivity index (χ0n) is 15.1. The molecule has 3 rings (SSSR count). The lowest BCUT2D eigenvalue weighted by molar-refractivity contribution is 0.102. The van der Waals surface area contributed by atoms with E-state index in [1.165, 1.54) is 36.7 Å². The summed E-state index contributed by atoms with van der Waals surface area (Å²) < 4.78 is 19.0. The fraction of sp³-hybridized carbons (Fsp3) is 0.0952. The Labute approximate surface area is 161 Å². The third-order valence-corrected chi connectivity index (χ3v) is 3.81. The average Bonchev–Trinajstić information content (AvgIpc) is 2.71. The van der Waals surface area contributed by atoms with Crippen molar-refractivity contribution in [3.63, 3.8) is 0 Å². The van der Waals surface area contributed by atoms with Gasteiger partial charge in [0.15, 0.2) is 0 Å². The van der Waals surface area contributed by atoms with Crippen LogP contribution in [0.4, 0.5) is 15.8 Å². The van der Waals surface area contributed by atoms with E-state index in [-0.39, 0.29) is 16.8 Å². The summed E-state index contributed by atoms with van der Waals surface area (Å²) in [6, 6.07) is 14.1. The van der Waals surface area contributed by atoms with E-state index in [1.54, 1.807) is 30.3 Å². The fourth-order valence-corrected chi connectivity index (χ4v) is 2.45. The number of hydrogen-bond donors (Lipinski definition) is 2. The van der Waals surface area contributed by atoms with Crippen molar-refractivity contribution >= 4 is 23.2 Å². The molecule has 0 atom stereocenters. The first-order valence-corrected chi connectivity index (χ1v) is 8.62. The molecule has 2 N–H and O–H groups in total. The zero-order valence-corrected chi connectivity index (χ0v) is 15.1. The number of carbonyl (C=O) groups is 2. The van der Waals surface area contributed by atoms with Crippen LogP contribution in [-0.4, -0.2) is 23.4 Å². The van der Waals surface area contributed by atoms with Crippen molar-refractivity contribution < 1.29 is 18.7 Å². The highest BCUT2D eigenvalue weighted by molar-refractivity contribution is 6.08. The molecule has 0 aliphatic rings. The van der Waals surface area contributed by atoms with E-state index in [0.717, 1.165) is 0 Å². The molecular weight excluding hydrogens is 361 g/mol. The summed E-state index contributed by atoms with van der Waals surface area (Å²) in [7, 11) is 0. The molecular formula is C21H18FN3O3. The number of amides is 2. The largest absolute Gasteiger partial charge is 0.494 e. The summed E-state index contributed by atoms with van der Waals surface area (Å²) in [5, 5.41) is 5.19. The van der Waals surface area contributed by atoms with Crippen LogP contribution in [0.25, 0.3) is 0 Å². The van der Waals surface area contributed by atoms with Gasteiger partial charge < -0.3 is 15.4 Å². The normalized spacial score (nSPS) is 10.2. The smallest absolute Gasteiger partial charge is 0.257 e. The monoisotopic (exact) mass is 379 g/mol. The Hall–Kier alpha value is -3.74. The van der Waals surface area contributed by atoms with Crippen LogP contribution in [0.3, 0.4) is 0 Å². The van der Waals surface area contributed by atoms with E-state index in [1.807, 2.05) is 6.92 Å². The molecule has 0 bridgehead atoms. The molecule has 142 valence electrons. The highest BCUT2D eigenvalue weighted by Crippen LogP contribution is 2.17. The van der Waals surface area contributed by atoms with Crippen molar-refractivity contribution in [2.24, 2.45) is 0 Å². The van der Waals surface area contributed by atoms with Crippen LogP contribution in [-0.2, 0) is 0 Å². The SMILES string of the molecule is CCOc1ccc(NC(=O)c2cncc(C(=O)Nc3ccccc3F)c2)cc1. The third-order valence-electron chi connectivity index (χ3n) is 3.81. The van der Waals surface area contributed by atoms with E-state index < -0.39 is 17.6 Å². The van der Waals surface area contributed by atoms with Crippen LogP contribution in [0.1, 0.15) is 27.6 Å². The number of carbonyl (C=O) groups excluding carboxylic acids is 2. The number of nitrogens with one attached hydrogen (secondary N) is 2. The van der Waals surface area contributed by atoms with Crippen LogP contribution in [0.5, 0.6) is 5.75 Å². The maximum absolute atomic E-state index is 13.7. The number of hydrogen-bond acceptors (Lipinski definition) is 4. The Morgan fingerprint density at radius 2 is 1.61 bits per heavy atom. The molecule has 28 heavy (non-hydrogen) atoms. The molecule has 7 heteroatoms. The van der Waals surface area contributed by atoms with Crippen LogP contribution in [0, 0.1) is 5.82 Å². The number of halogens is 1. The van der Waals surface area contributed by atoms with Crippen LogP contribution in [0.2, 0.25) is 0 Å². The molecule has 1 aromatic heterocycles. The van der Waals surface area contributed by atoms with Gasteiger partial charge >= 0.3 is 0 Å². The molecule has 0 radical (unpaired) electrons. The van der Waals surface area contributed by atoms with Gasteiger partial charge in [-0.25, -0.2) is 4.39 Å². The number of pyridine rings is 1. The van der Waals surface area contributed by atoms with E-state index in [0.29, 0.717) is 18.0 Å². The van der Waals surface area contributed by atoms with Crippen LogP contribution in [0.15, 0.2) is 67.0 Å². The lowest BCUT2D eigenvalue weighted by Gasteiger charge is -2.09. The Morgan fingerprint density at radius 1 is 0.964 bits per heavy atom. The predicted octanol–water partition coefficient (Wildman–Crippen LogP) is 4.12. The summed E-state index contributed by atoms with van der Waals surface area (Å²) in [5.41, 5.74) is 0.976. The highest BCUT2D eigenvalue weighted by atomic mass is 19.1. The number of nitrogens with zero attached hydrogens (tertiary/aromatic N) is 1. The van der Waals surface area contributed by atoms with Crippen LogP contribution < -0.4 is 15.4 Å². The van der Waals surface area contributed by atoms with Crippen molar-refractivity contribution in [3.05, 3.63) is 83.9 Å². The minimum absolute atomic E-state index is 0.0525. The fourth-order valence-electron chi connectivity index (χ4n) is 2.45. The minimum atomic E-state index is -0.562. The van der Waals surface area contributed by atoms with Crippen molar-refractivity contribution in [2.45, 2.75) is 6.92 Å². The third kappa shape index (κ3) is 4.70. The minimum Gasteiger partial charge on any atom is -0.494 e. The standard InChI is InChI=1S/C21H18FN3O3/c1-2-28-17-9-7-16(8-10-17)24-20(26)14-11-15(13-23-12-14)21(27)25-19-6-4-3-5-18(19)22/h3-13H,2H2,1H3,(H,24,26)(H,25,27). The first-order chi connectivity index (χ1) is 13.6. The first-order valence-electron chi connectivity index (χ1n) is 8.62. The molecule has 0 fully saturated rings. The Balaban J connectivity index is 1.70. The number of para-hydroxylation sites is 1. The number of ether oxygens (including phenoxy) is 1. The molecule has 0 saturated heterocycles.